The average Bonchev–Trinajstić information content (AvgIpc) is 0.733. The molecule has 0 aliphatic heterocycles. The SMILES string of the molecule is C=Cc1ccc(P(c2ccc(C=C)cn2)c2ccc(C=C)cn2)nc1.C=Cc1ccc(P(c2ccccn2)c2ccccn2)nc1.C=Cc1ccc2c(-c3c(P(c4ccccc4)c4ccccc4)ccc4cc(C=C)ccc34)c(P(c3ccccc3)c3ccccc3)ccc2c1. The van der Waals surface area contributed by atoms with Crippen LogP contribution in [0.5, 0.6) is 0 Å². The summed E-state index contributed by atoms with van der Waals surface area (Å²) in [5.41, 5.74) is 14.7. The van der Waals surface area contributed by atoms with Crippen LogP contribution in [0, 0.1) is 0 Å². The van der Waals surface area contributed by atoms with Crippen molar-refractivity contribution in [3.63, 3.8) is 0 Å². The van der Waals surface area contributed by atoms with E-state index in [-0.39, 0.29) is 0 Å². The molecule has 0 atom stereocenters. The van der Waals surface area contributed by atoms with E-state index in [1.807, 2.05) is 134 Å². The van der Waals surface area contributed by atoms with E-state index in [1.54, 1.807) is 24.3 Å². The van der Waals surface area contributed by atoms with Gasteiger partial charge in [-0.2, -0.15) is 0 Å². The fourth-order valence-corrected chi connectivity index (χ4v) is 20.0. The van der Waals surface area contributed by atoms with Gasteiger partial charge in [-0.25, -0.2) is 0 Å². The molecule has 14 rings (SSSR count). The molecule has 0 spiro atoms. The van der Waals surface area contributed by atoms with E-state index >= 15 is 0 Å². The zero-order valence-corrected chi connectivity index (χ0v) is 56.6. The van der Waals surface area contributed by atoms with Gasteiger partial charge >= 0.3 is 0 Å². The molecular formula is C86H68N6P4. The molecule has 462 valence electrons. The van der Waals surface area contributed by atoms with Gasteiger partial charge in [0.05, 0.1) is 32.6 Å². The van der Waals surface area contributed by atoms with Crippen molar-refractivity contribution in [2.45, 2.75) is 0 Å². The van der Waals surface area contributed by atoms with E-state index in [1.165, 1.54) is 64.5 Å². The van der Waals surface area contributed by atoms with Gasteiger partial charge in [-0.15, -0.1) is 0 Å². The minimum Gasteiger partial charge on any atom is -0.256 e. The van der Waals surface area contributed by atoms with Gasteiger partial charge in [0.1, 0.15) is 0 Å². The Hall–Kier alpha value is -10.7. The van der Waals surface area contributed by atoms with Crippen molar-refractivity contribution in [1.29, 1.82) is 0 Å². The molecule has 14 aromatic rings. The number of aromatic nitrogens is 6. The molecule has 0 radical (unpaired) electrons. The molecule has 0 saturated heterocycles. The van der Waals surface area contributed by atoms with Gasteiger partial charge in [0.2, 0.25) is 0 Å². The second kappa shape index (κ2) is 32.0. The maximum absolute atomic E-state index is 4.63. The number of nitrogens with zero attached hydrogens (tertiary/aromatic N) is 6. The van der Waals surface area contributed by atoms with E-state index in [0.29, 0.717) is 0 Å². The first-order valence-corrected chi connectivity index (χ1v) is 36.7. The molecule has 0 fully saturated rings. The Morgan fingerprint density at radius 1 is 0.229 bits per heavy atom. The summed E-state index contributed by atoms with van der Waals surface area (Å²) < 4.78 is 0. The number of benzene rings is 8. The van der Waals surface area contributed by atoms with E-state index in [2.05, 4.69) is 251 Å². The van der Waals surface area contributed by atoms with Gasteiger partial charge in [-0.05, 0) is 174 Å². The highest BCUT2D eigenvalue weighted by atomic mass is 31.1. The molecule has 0 unspecified atom stereocenters. The molecule has 8 aromatic carbocycles. The Balaban J connectivity index is 0.000000159. The molecule has 0 aliphatic rings. The second-order valence-electron chi connectivity index (χ2n) is 22.0. The van der Waals surface area contributed by atoms with E-state index in [9.17, 15) is 0 Å². The highest BCUT2D eigenvalue weighted by molar-refractivity contribution is 7.81. The molecule has 0 bridgehead atoms. The number of pyridine rings is 6. The summed E-state index contributed by atoms with van der Waals surface area (Å²) in [6, 6.07) is 95.4. The number of rotatable bonds is 19. The van der Waals surface area contributed by atoms with Crippen molar-refractivity contribution < 1.29 is 0 Å². The number of fused-ring (bicyclic) bond motifs is 2. The van der Waals surface area contributed by atoms with Crippen LogP contribution in [0.1, 0.15) is 33.4 Å². The van der Waals surface area contributed by atoms with Crippen molar-refractivity contribution in [2.24, 2.45) is 0 Å². The molecule has 96 heavy (non-hydrogen) atoms. The van der Waals surface area contributed by atoms with Crippen molar-refractivity contribution in [2.75, 3.05) is 0 Å². The highest BCUT2D eigenvalue weighted by Gasteiger charge is 2.29. The monoisotopic (exact) mass is 1310 g/mol. The maximum atomic E-state index is 4.63. The predicted octanol–water partition coefficient (Wildman–Crippen LogP) is 16.3. The Labute approximate surface area is 568 Å². The topological polar surface area (TPSA) is 77.3 Å². The number of hydrogen-bond donors (Lipinski definition) is 0. The van der Waals surface area contributed by atoms with Gasteiger partial charge in [0, 0.05) is 53.0 Å². The van der Waals surface area contributed by atoms with E-state index in [4.69, 9.17) is 0 Å². The summed E-state index contributed by atoms with van der Waals surface area (Å²) >= 11 is 0. The molecule has 0 saturated carbocycles. The first kappa shape index (κ1) is 65.4. The lowest BCUT2D eigenvalue weighted by molar-refractivity contribution is 1.34. The lowest BCUT2D eigenvalue weighted by atomic mass is 9.92. The van der Waals surface area contributed by atoms with Crippen LogP contribution >= 0.6 is 31.7 Å². The molecule has 0 aliphatic carbocycles. The third-order valence-corrected chi connectivity index (χ3v) is 25.3. The second-order valence-corrected chi connectivity index (χ2v) is 30.4. The summed E-state index contributed by atoms with van der Waals surface area (Å²) in [4.78, 5) is 27.5. The smallest absolute Gasteiger partial charge is 0.0753 e. The Bertz CT molecular complexity index is 4550. The maximum Gasteiger partial charge on any atom is 0.0753 e. The third-order valence-electron chi connectivity index (χ3n) is 16.0. The minimum absolute atomic E-state index is 0.831. The minimum atomic E-state index is -0.934. The quantitative estimate of drug-likeness (QED) is 0.0751. The summed E-state index contributed by atoms with van der Waals surface area (Å²) in [7, 11) is -3.58. The van der Waals surface area contributed by atoms with Crippen LogP contribution in [0.2, 0.25) is 0 Å². The Morgan fingerprint density at radius 3 is 0.750 bits per heavy atom. The lowest BCUT2D eigenvalue weighted by Gasteiger charge is -2.28. The average molecular weight is 1310 g/mol. The summed E-state index contributed by atoms with van der Waals surface area (Å²) in [6.07, 6.45) is 22.0. The predicted molar refractivity (Wildman–Crippen MR) is 422 cm³/mol. The Kier molecular flexibility index (Phi) is 21.8. The fraction of sp³-hybridized carbons (Fsp3) is 0. The Morgan fingerprint density at radius 2 is 0.500 bits per heavy atom. The van der Waals surface area contributed by atoms with Gasteiger partial charge < -0.3 is 0 Å². The molecule has 10 heteroatoms. The van der Waals surface area contributed by atoms with Crippen LogP contribution in [0.4, 0.5) is 0 Å². The fourth-order valence-electron chi connectivity index (χ4n) is 11.3. The van der Waals surface area contributed by atoms with Crippen LogP contribution in [0.25, 0.3) is 69.1 Å². The summed E-state index contributed by atoms with van der Waals surface area (Å²) in [5.74, 6) is 0. The van der Waals surface area contributed by atoms with Crippen LogP contribution in [0.15, 0.2) is 344 Å². The van der Waals surface area contributed by atoms with Gasteiger partial charge in [0.25, 0.3) is 0 Å². The first-order chi connectivity index (χ1) is 47.4. The van der Waals surface area contributed by atoms with E-state index in [0.717, 1.165) is 66.0 Å². The van der Waals surface area contributed by atoms with Crippen molar-refractivity contribution >= 4 is 154 Å². The zero-order valence-electron chi connectivity index (χ0n) is 53.0. The molecule has 6 heterocycles. The van der Waals surface area contributed by atoms with Crippen LogP contribution in [-0.2, 0) is 0 Å². The van der Waals surface area contributed by atoms with Crippen molar-refractivity contribution in [1.82, 2.24) is 29.9 Å². The summed E-state index contributed by atoms with van der Waals surface area (Å²) in [5, 5.41) is 13.0. The van der Waals surface area contributed by atoms with Gasteiger partial charge in [-0.3, -0.25) is 29.9 Å². The third kappa shape index (κ3) is 15.1. The standard InChI is InChI=1S/C48H36P2.C21H18N3P.C17H14N3P/c1-3-35-25-29-43-37(33-35)27-31-45(49(39-17-9-5-10-18-39)40-19-11-6-12-20-40)47(43)48-44-30-26-36(4-2)34-38(44)28-32-46(48)50(41-21-13-7-14-22-41)42-23-15-8-16-24-42;1-4-16-7-10-19(22-13-16)25(20-11-8-17(5-2)14-23-20)21-12-9-18(6-3)15-24-21;1-2-14-9-10-17(20-13-14)21(15-7-3-5-11-18-15)16-8-4-6-12-19-16/h3-34H,1-2H2;4-15H,1-3H2;2-13H,1H2. The van der Waals surface area contributed by atoms with Crippen LogP contribution in [0.3, 0.4) is 0 Å². The molecule has 0 amide bonds. The van der Waals surface area contributed by atoms with Crippen LogP contribution in [-0.4, -0.2) is 29.9 Å². The van der Waals surface area contributed by atoms with Gasteiger partial charge in [-0.1, -0.05) is 282 Å². The zero-order chi connectivity index (χ0) is 66.0. The van der Waals surface area contributed by atoms with Crippen molar-refractivity contribution in [3.05, 3.63) is 377 Å². The highest BCUT2D eigenvalue weighted by Crippen LogP contribution is 2.46. The first-order valence-electron chi connectivity index (χ1n) is 31.3. The molecule has 0 N–H and O–H groups in total. The normalized spacial score (nSPS) is 10.9. The molecular weight excluding hydrogens is 1240 g/mol. The molecule has 6 aromatic heterocycles. The van der Waals surface area contributed by atoms with Crippen molar-refractivity contribution in [3.8, 4) is 11.1 Å². The summed E-state index contributed by atoms with van der Waals surface area (Å²) in [6.45, 7) is 23.3. The number of hydrogen-bond acceptors (Lipinski definition) is 6. The van der Waals surface area contributed by atoms with Crippen LogP contribution < -0.4 is 64.4 Å². The molecule has 6 nitrogen and oxygen atoms in total. The van der Waals surface area contributed by atoms with E-state index < -0.39 is 31.7 Å². The van der Waals surface area contributed by atoms with Gasteiger partial charge in [0.15, 0.2) is 0 Å². The lowest BCUT2D eigenvalue weighted by Crippen LogP contribution is -2.26. The largest absolute Gasteiger partial charge is 0.256 e.